The number of hydrogen-bond donors (Lipinski definition) is 1. The molecule has 2 rings (SSSR count). The Bertz CT molecular complexity index is 422. The molecule has 0 saturated carbocycles. The van der Waals surface area contributed by atoms with Gasteiger partial charge in [-0.25, -0.2) is 0 Å². The summed E-state index contributed by atoms with van der Waals surface area (Å²) in [6.07, 6.45) is 8.20. The molecule has 3 nitrogen and oxygen atoms in total. The van der Waals surface area contributed by atoms with E-state index in [2.05, 4.69) is 6.92 Å². The first-order chi connectivity index (χ1) is 9.22. The van der Waals surface area contributed by atoms with E-state index in [0.29, 0.717) is 5.00 Å². The van der Waals surface area contributed by atoms with Crippen LogP contribution in [0.1, 0.15) is 60.7 Å². The number of aryl methyl sites for hydroxylation is 1. The first kappa shape index (κ1) is 14.4. The molecule has 106 valence electrons. The zero-order valence-electron chi connectivity index (χ0n) is 11.8. The van der Waals surface area contributed by atoms with Crippen molar-refractivity contribution < 1.29 is 4.79 Å². The van der Waals surface area contributed by atoms with Crippen LogP contribution >= 0.6 is 11.3 Å². The van der Waals surface area contributed by atoms with Crippen molar-refractivity contribution in [2.24, 2.45) is 0 Å². The molecule has 0 atom stereocenters. The summed E-state index contributed by atoms with van der Waals surface area (Å²) in [7, 11) is 0. The van der Waals surface area contributed by atoms with Crippen molar-refractivity contribution in [2.75, 3.05) is 18.8 Å². The summed E-state index contributed by atoms with van der Waals surface area (Å²) in [6, 6.07) is 2.02. The van der Waals surface area contributed by atoms with Crippen LogP contribution in [0, 0.1) is 0 Å². The van der Waals surface area contributed by atoms with Gasteiger partial charge in [0.15, 0.2) is 0 Å². The highest BCUT2D eigenvalue weighted by Crippen LogP contribution is 2.28. The number of likely N-dealkylation sites (tertiary alicyclic amines) is 1. The first-order valence-electron chi connectivity index (χ1n) is 7.40. The van der Waals surface area contributed by atoms with Crippen LogP contribution in [0.2, 0.25) is 0 Å². The van der Waals surface area contributed by atoms with Crippen molar-refractivity contribution in [2.45, 2.75) is 51.9 Å². The fourth-order valence-corrected chi connectivity index (χ4v) is 3.53. The largest absolute Gasteiger partial charge is 0.390 e. The highest BCUT2D eigenvalue weighted by atomic mass is 32.1. The number of piperidine rings is 1. The maximum atomic E-state index is 12.4. The van der Waals surface area contributed by atoms with Crippen LogP contribution < -0.4 is 5.73 Å². The Morgan fingerprint density at radius 2 is 2.05 bits per heavy atom. The fraction of sp³-hybridized carbons (Fsp3) is 0.667. The van der Waals surface area contributed by atoms with E-state index in [1.165, 1.54) is 30.6 Å². The molecule has 1 aromatic rings. The second-order valence-corrected chi connectivity index (χ2v) is 6.47. The summed E-state index contributed by atoms with van der Waals surface area (Å²) in [6.45, 7) is 3.98. The number of carbonyl (C=O) groups is 1. The minimum atomic E-state index is 0.134. The maximum Gasteiger partial charge on any atom is 0.256 e. The highest BCUT2D eigenvalue weighted by molar-refractivity contribution is 7.16. The molecule has 2 heterocycles. The molecule has 1 aromatic heterocycles. The minimum absolute atomic E-state index is 0.134. The molecule has 1 amide bonds. The third-order valence-electron chi connectivity index (χ3n) is 3.71. The van der Waals surface area contributed by atoms with E-state index in [0.717, 1.165) is 37.9 Å². The van der Waals surface area contributed by atoms with Crippen LogP contribution in [-0.4, -0.2) is 23.9 Å². The summed E-state index contributed by atoms with van der Waals surface area (Å²) >= 11 is 1.59. The van der Waals surface area contributed by atoms with Gasteiger partial charge in [0.1, 0.15) is 0 Å². The molecule has 1 saturated heterocycles. The minimum Gasteiger partial charge on any atom is -0.390 e. The summed E-state index contributed by atoms with van der Waals surface area (Å²) in [4.78, 5) is 15.6. The molecule has 19 heavy (non-hydrogen) atoms. The van der Waals surface area contributed by atoms with Crippen LogP contribution in [-0.2, 0) is 6.42 Å². The topological polar surface area (TPSA) is 46.3 Å². The average molecular weight is 280 g/mol. The Kier molecular flexibility index (Phi) is 5.25. The molecule has 2 N–H and O–H groups in total. The monoisotopic (exact) mass is 280 g/mol. The molecule has 1 aliphatic rings. The molecule has 4 heteroatoms. The smallest absolute Gasteiger partial charge is 0.256 e. The molecule has 1 aliphatic heterocycles. The molecule has 0 unspecified atom stereocenters. The Labute approximate surface area is 119 Å². The Hall–Kier alpha value is -1.03. The van der Waals surface area contributed by atoms with E-state index in [9.17, 15) is 4.79 Å². The predicted molar refractivity (Wildman–Crippen MR) is 81.7 cm³/mol. The van der Waals surface area contributed by atoms with Crippen LogP contribution in [0.5, 0.6) is 0 Å². The second kappa shape index (κ2) is 6.94. The molecule has 0 radical (unpaired) electrons. The number of nitrogen functional groups attached to an aromatic ring is 1. The molecule has 0 spiro atoms. The Morgan fingerprint density at radius 1 is 1.32 bits per heavy atom. The van der Waals surface area contributed by atoms with Gasteiger partial charge in [0.05, 0.1) is 10.6 Å². The Morgan fingerprint density at radius 3 is 2.74 bits per heavy atom. The Balaban J connectivity index is 2.00. The third kappa shape index (κ3) is 3.72. The standard InChI is InChI=1S/C15H24N2OS/c1-2-3-5-8-12-11-13(14(16)19-12)15(18)17-9-6-4-7-10-17/h11H,2-10,16H2,1H3. The zero-order chi connectivity index (χ0) is 13.7. The lowest BCUT2D eigenvalue weighted by atomic mass is 10.1. The second-order valence-electron chi connectivity index (χ2n) is 5.30. The number of carbonyl (C=O) groups excluding carboxylic acids is 1. The van der Waals surface area contributed by atoms with E-state index in [1.54, 1.807) is 11.3 Å². The highest BCUT2D eigenvalue weighted by Gasteiger charge is 2.21. The van der Waals surface area contributed by atoms with Crippen LogP contribution in [0.3, 0.4) is 0 Å². The van der Waals surface area contributed by atoms with E-state index in [4.69, 9.17) is 5.73 Å². The van der Waals surface area contributed by atoms with Crippen molar-refractivity contribution in [1.82, 2.24) is 4.90 Å². The average Bonchev–Trinajstić information content (AvgIpc) is 2.80. The van der Waals surface area contributed by atoms with Gasteiger partial charge < -0.3 is 10.6 Å². The molecule has 0 aromatic carbocycles. The number of hydrogen-bond acceptors (Lipinski definition) is 3. The van der Waals surface area contributed by atoms with Crippen LogP contribution in [0.15, 0.2) is 6.07 Å². The molecular formula is C15H24N2OS. The summed E-state index contributed by atoms with van der Waals surface area (Å²) in [5, 5.41) is 0.696. The van der Waals surface area contributed by atoms with Gasteiger partial charge in [-0.1, -0.05) is 19.8 Å². The van der Waals surface area contributed by atoms with Gasteiger partial charge in [0, 0.05) is 18.0 Å². The molecule has 1 fully saturated rings. The van der Waals surface area contributed by atoms with E-state index >= 15 is 0 Å². The van der Waals surface area contributed by atoms with Crippen molar-refractivity contribution in [3.05, 3.63) is 16.5 Å². The first-order valence-corrected chi connectivity index (χ1v) is 8.21. The number of amides is 1. The van der Waals surface area contributed by atoms with Gasteiger partial charge in [0.25, 0.3) is 5.91 Å². The van der Waals surface area contributed by atoms with Gasteiger partial charge in [-0.3, -0.25) is 4.79 Å². The SMILES string of the molecule is CCCCCc1cc(C(=O)N2CCCCC2)c(N)s1. The van der Waals surface area contributed by atoms with Gasteiger partial charge in [-0.2, -0.15) is 0 Å². The molecule has 0 aliphatic carbocycles. The van der Waals surface area contributed by atoms with Gasteiger partial charge in [-0.15, -0.1) is 11.3 Å². The van der Waals surface area contributed by atoms with Gasteiger partial charge >= 0.3 is 0 Å². The van der Waals surface area contributed by atoms with E-state index in [-0.39, 0.29) is 5.91 Å². The summed E-state index contributed by atoms with van der Waals surface area (Å²) in [5.41, 5.74) is 6.76. The van der Waals surface area contributed by atoms with Crippen LogP contribution in [0.25, 0.3) is 0 Å². The van der Waals surface area contributed by atoms with E-state index in [1.807, 2.05) is 11.0 Å². The van der Waals surface area contributed by atoms with Crippen molar-refractivity contribution >= 4 is 22.2 Å². The summed E-state index contributed by atoms with van der Waals surface area (Å²) < 4.78 is 0. The van der Waals surface area contributed by atoms with E-state index < -0.39 is 0 Å². The number of nitrogens with two attached hydrogens (primary N) is 1. The zero-order valence-corrected chi connectivity index (χ0v) is 12.6. The maximum absolute atomic E-state index is 12.4. The van der Waals surface area contributed by atoms with Crippen LogP contribution in [0.4, 0.5) is 5.00 Å². The number of unbranched alkanes of at least 4 members (excludes halogenated alkanes) is 2. The van der Waals surface area contributed by atoms with Gasteiger partial charge in [-0.05, 0) is 38.2 Å². The number of thiophene rings is 1. The quantitative estimate of drug-likeness (QED) is 0.836. The van der Waals surface area contributed by atoms with Crippen molar-refractivity contribution in [3.63, 3.8) is 0 Å². The number of rotatable bonds is 5. The fourth-order valence-electron chi connectivity index (χ4n) is 2.56. The lowest BCUT2D eigenvalue weighted by Crippen LogP contribution is -2.35. The predicted octanol–water partition coefficient (Wildman–Crippen LogP) is 3.69. The lowest BCUT2D eigenvalue weighted by molar-refractivity contribution is 0.0726. The lowest BCUT2D eigenvalue weighted by Gasteiger charge is -2.26. The van der Waals surface area contributed by atoms with Gasteiger partial charge in [0.2, 0.25) is 0 Å². The summed E-state index contributed by atoms with van der Waals surface area (Å²) in [5.74, 6) is 0.134. The number of anilines is 1. The number of nitrogens with zero attached hydrogens (tertiary/aromatic N) is 1. The van der Waals surface area contributed by atoms with Crippen molar-refractivity contribution in [1.29, 1.82) is 0 Å². The van der Waals surface area contributed by atoms with Crippen molar-refractivity contribution in [3.8, 4) is 0 Å². The molecular weight excluding hydrogens is 256 g/mol. The molecule has 0 bridgehead atoms. The third-order valence-corrected chi connectivity index (χ3v) is 4.74. The normalized spacial score (nSPS) is 15.7.